The highest BCUT2D eigenvalue weighted by molar-refractivity contribution is 5.94. The van der Waals surface area contributed by atoms with Crippen molar-refractivity contribution in [2.24, 2.45) is 0 Å². The van der Waals surface area contributed by atoms with E-state index in [1.54, 1.807) is 29.3 Å². The van der Waals surface area contributed by atoms with E-state index in [1.807, 2.05) is 10.8 Å². The smallest absolute Gasteiger partial charge is 0.254 e. The van der Waals surface area contributed by atoms with Crippen LogP contribution in [0.25, 0.3) is 0 Å². The van der Waals surface area contributed by atoms with Crippen molar-refractivity contribution in [2.75, 3.05) is 6.54 Å². The first-order chi connectivity index (χ1) is 13.6. The first-order valence-corrected chi connectivity index (χ1v) is 8.72. The topological polar surface area (TPSA) is 84.0 Å². The maximum Gasteiger partial charge on any atom is 0.254 e. The van der Waals surface area contributed by atoms with E-state index in [0.717, 1.165) is 11.3 Å². The van der Waals surface area contributed by atoms with E-state index >= 15 is 0 Å². The number of benzene rings is 1. The first kappa shape index (κ1) is 17.7. The van der Waals surface area contributed by atoms with Gasteiger partial charge in [-0.2, -0.15) is 5.26 Å². The minimum atomic E-state index is -0.369. The molecule has 2 aromatic heterocycles. The molecule has 0 bridgehead atoms. The largest absolute Gasteiger partial charge is 0.472 e. The molecular weight excluding hydrogens is 361 g/mol. The number of fused-ring (bicyclic) bond motifs is 1. The van der Waals surface area contributed by atoms with Crippen molar-refractivity contribution in [1.29, 1.82) is 5.26 Å². The van der Waals surface area contributed by atoms with Crippen molar-refractivity contribution in [3.8, 4) is 11.9 Å². The predicted octanol–water partition coefficient (Wildman–Crippen LogP) is 2.52. The molecule has 1 aliphatic rings. The summed E-state index contributed by atoms with van der Waals surface area (Å²) in [5.74, 6) is -0.0525. The van der Waals surface area contributed by atoms with Gasteiger partial charge in [-0.3, -0.25) is 9.48 Å². The minimum absolute atomic E-state index is 0.143. The number of hydrogen-bond donors (Lipinski definition) is 0. The highest BCUT2D eigenvalue weighted by Crippen LogP contribution is 2.20. The number of halogens is 1. The molecule has 0 aliphatic carbocycles. The zero-order chi connectivity index (χ0) is 19.5. The van der Waals surface area contributed by atoms with Crippen LogP contribution in [0.3, 0.4) is 0 Å². The Hall–Kier alpha value is -3.73. The first-order valence-electron chi connectivity index (χ1n) is 8.72. The van der Waals surface area contributed by atoms with Gasteiger partial charge in [0.25, 0.3) is 5.91 Å². The Kier molecular flexibility index (Phi) is 4.72. The molecule has 7 nitrogen and oxygen atoms in total. The number of nitriles is 1. The SMILES string of the molecule is N#Cc1cc(COc2cc3n(n2)CCN(C(=O)c2ccc(F)cc2)C3)ccn1. The lowest BCUT2D eigenvalue weighted by molar-refractivity contribution is 0.0706. The molecule has 0 unspecified atom stereocenters. The summed E-state index contributed by atoms with van der Waals surface area (Å²) < 4.78 is 20.6. The van der Waals surface area contributed by atoms with Gasteiger partial charge in [0, 0.05) is 24.4 Å². The van der Waals surface area contributed by atoms with Gasteiger partial charge in [-0.15, -0.1) is 5.10 Å². The fourth-order valence-electron chi connectivity index (χ4n) is 3.04. The average molecular weight is 377 g/mol. The van der Waals surface area contributed by atoms with Crippen LogP contribution in [0.5, 0.6) is 5.88 Å². The highest BCUT2D eigenvalue weighted by Gasteiger charge is 2.23. The minimum Gasteiger partial charge on any atom is -0.472 e. The number of ether oxygens (including phenoxy) is 1. The molecule has 0 N–H and O–H groups in total. The molecule has 140 valence electrons. The Bertz CT molecular complexity index is 1060. The molecule has 1 amide bonds. The molecule has 8 heteroatoms. The van der Waals surface area contributed by atoms with Crippen LogP contribution in [0.2, 0.25) is 0 Å². The second kappa shape index (κ2) is 7.48. The lowest BCUT2D eigenvalue weighted by atomic mass is 10.1. The molecule has 0 spiro atoms. The van der Waals surface area contributed by atoms with E-state index in [9.17, 15) is 9.18 Å². The molecule has 1 aliphatic heterocycles. The van der Waals surface area contributed by atoms with Crippen molar-refractivity contribution in [1.82, 2.24) is 19.7 Å². The van der Waals surface area contributed by atoms with Crippen molar-refractivity contribution in [3.05, 3.63) is 77.0 Å². The van der Waals surface area contributed by atoms with Gasteiger partial charge in [0.15, 0.2) is 0 Å². The molecule has 4 rings (SSSR count). The Morgan fingerprint density at radius 2 is 2.04 bits per heavy atom. The zero-order valence-corrected chi connectivity index (χ0v) is 14.9. The number of amides is 1. The number of carbonyl (C=O) groups is 1. The van der Waals surface area contributed by atoms with Crippen LogP contribution < -0.4 is 4.74 Å². The van der Waals surface area contributed by atoms with E-state index in [-0.39, 0.29) is 18.3 Å². The van der Waals surface area contributed by atoms with Crippen LogP contribution in [-0.4, -0.2) is 32.1 Å². The van der Waals surface area contributed by atoms with E-state index in [4.69, 9.17) is 10.00 Å². The van der Waals surface area contributed by atoms with E-state index in [2.05, 4.69) is 10.1 Å². The summed E-state index contributed by atoms with van der Waals surface area (Å²) in [6.07, 6.45) is 1.56. The summed E-state index contributed by atoms with van der Waals surface area (Å²) >= 11 is 0. The van der Waals surface area contributed by atoms with Crippen molar-refractivity contribution in [3.63, 3.8) is 0 Å². The van der Waals surface area contributed by atoms with Gasteiger partial charge < -0.3 is 9.64 Å². The quantitative estimate of drug-likeness (QED) is 0.698. The normalized spacial score (nSPS) is 12.9. The summed E-state index contributed by atoms with van der Waals surface area (Å²) in [5, 5.41) is 13.3. The maximum absolute atomic E-state index is 13.1. The molecule has 28 heavy (non-hydrogen) atoms. The lowest BCUT2D eigenvalue weighted by Gasteiger charge is -2.27. The molecule has 3 heterocycles. The Labute approximate surface area is 160 Å². The summed E-state index contributed by atoms with van der Waals surface area (Å²) in [7, 11) is 0. The van der Waals surface area contributed by atoms with E-state index in [1.165, 1.54) is 24.3 Å². The lowest BCUT2D eigenvalue weighted by Crippen LogP contribution is -2.38. The van der Waals surface area contributed by atoms with Crippen LogP contribution in [0, 0.1) is 17.1 Å². The molecule has 1 aromatic carbocycles. The average Bonchev–Trinajstić information content (AvgIpc) is 3.14. The fourth-order valence-corrected chi connectivity index (χ4v) is 3.04. The van der Waals surface area contributed by atoms with Crippen molar-refractivity contribution in [2.45, 2.75) is 19.7 Å². The number of nitrogens with zero attached hydrogens (tertiary/aromatic N) is 5. The van der Waals surface area contributed by atoms with E-state index < -0.39 is 0 Å². The summed E-state index contributed by atoms with van der Waals surface area (Å²) in [4.78, 5) is 18.2. The highest BCUT2D eigenvalue weighted by atomic mass is 19.1. The van der Waals surface area contributed by atoms with Crippen LogP contribution in [0.1, 0.15) is 27.3 Å². The van der Waals surface area contributed by atoms with Gasteiger partial charge >= 0.3 is 0 Å². The van der Waals surface area contributed by atoms with Gasteiger partial charge in [0.2, 0.25) is 5.88 Å². The summed E-state index contributed by atoms with van der Waals surface area (Å²) in [6.45, 7) is 1.74. The maximum atomic E-state index is 13.1. The number of aromatic nitrogens is 3. The van der Waals surface area contributed by atoms with Crippen molar-refractivity contribution < 1.29 is 13.9 Å². The molecule has 0 fully saturated rings. The number of carbonyl (C=O) groups excluding carboxylic acids is 1. The second-order valence-corrected chi connectivity index (χ2v) is 6.38. The summed E-state index contributed by atoms with van der Waals surface area (Å²) in [5.41, 5.74) is 2.48. The van der Waals surface area contributed by atoms with Gasteiger partial charge in [0.1, 0.15) is 24.2 Å². The zero-order valence-electron chi connectivity index (χ0n) is 14.9. The molecule has 0 atom stereocenters. The Morgan fingerprint density at radius 3 is 2.82 bits per heavy atom. The molecule has 0 saturated heterocycles. The number of hydrogen-bond acceptors (Lipinski definition) is 5. The summed E-state index contributed by atoms with van der Waals surface area (Å²) in [6, 6.07) is 12.8. The Balaban J connectivity index is 1.42. The third kappa shape index (κ3) is 3.69. The second-order valence-electron chi connectivity index (χ2n) is 6.38. The molecule has 0 radical (unpaired) electrons. The van der Waals surface area contributed by atoms with Gasteiger partial charge in [-0.05, 0) is 42.0 Å². The fraction of sp³-hybridized carbons (Fsp3) is 0.200. The predicted molar refractivity (Wildman–Crippen MR) is 96.7 cm³/mol. The van der Waals surface area contributed by atoms with Gasteiger partial charge in [-0.1, -0.05) is 0 Å². The third-order valence-corrected chi connectivity index (χ3v) is 4.48. The van der Waals surface area contributed by atoms with Gasteiger partial charge in [-0.25, -0.2) is 9.37 Å². The van der Waals surface area contributed by atoms with Crippen LogP contribution >= 0.6 is 0 Å². The van der Waals surface area contributed by atoms with E-state index in [0.29, 0.717) is 36.8 Å². The molecular formula is C20H16FN5O2. The van der Waals surface area contributed by atoms with Crippen LogP contribution in [0.15, 0.2) is 48.7 Å². The van der Waals surface area contributed by atoms with Gasteiger partial charge in [0.05, 0.1) is 18.8 Å². The van der Waals surface area contributed by atoms with Crippen LogP contribution in [0.4, 0.5) is 4.39 Å². The number of rotatable bonds is 4. The monoisotopic (exact) mass is 377 g/mol. The third-order valence-electron chi connectivity index (χ3n) is 4.48. The molecule has 3 aromatic rings. The van der Waals surface area contributed by atoms with Crippen LogP contribution in [-0.2, 0) is 19.7 Å². The Morgan fingerprint density at radius 1 is 1.21 bits per heavy atom. The number of pyridine rings is 1. The molecule has 0 saturated carbocycles. The van der Waals surface area contributed by atoms with Crippen molar-refractivity contribution >= 4 is 5.91 Å². The standard InChI is InChI=1S/C20H16FN5O2/c21-16-3-1-15(2-4-16)20(27)25-7-8-26-18(12-25)10-19(24-26)28-13-14-5-6-23-17(9-14)11-22/h1-6,9-10H,7-8,12-13H2.